The Labute approximate surface area is 102 Å². The minimum Gasteiger partial charge on any atom is -0.478 e. The lowest BCUT2D eigenvalue weighted by Gasteiger charge is -1.97. The van der Waals surface area contributed by atoms with Gasteiger partial charge in [0.2, 0.25) is 0 Å². The van der Waals surface area contributed by atoms with Crippen molar-refractivity contribution in [2.75, 3.05) is 5.32 Å². The highest BCUT2D eigenvalue weighted by Gasteiger charge is 2.27. The van der Waals surface area contributed by atoms with E-state index in [4.69, 9.17) is 0 Å². The van der Waals surface area contributed by atoms with Gasteiger partial charge in [0.05, 0.1) is 28.1 Å². The Hall–Kier alpha value is -2.62. The van der Waals surface area contributed by atoms with Crippen molar-refractivity contribution in [3.8, 4) is 11.3 Å². The van der Waals surface area contributed by atoms with Crippen LogP contribution >= 0.6 is 0 Å². The molecule has 0 atom stereocenters. The molecule has 1 aliphatic carbocycles. The summed E-state index contributed by atoms with van der Waals surface area (Å²) < 4.78 is 0. The fraction of sp³-hybridized carbons (Fsp3) is 0. The smallest absolute Gasteiger partial charge is 0.336 e. The normalized spacial score (nSPS) is 12.2. The average molecular weight is 236 g/mol. The van der Waals surface area contributed by atoms with Crippen LogP contribution in [0, 0.1) is 0 Å². The number of anilines is 2. The van der Waals surface area contributed by atoms with Crippen molar-refractivity contribution >= 4 is 28.2 Å². The van der Waals surface area contributed by atoms with Crippen LogP contribution in [-0.2, 0) is 0 Å². The molecule has 0 saturated carbocycles. The molecule has 4 heteroatoms. The molecule has 0 spiro atoms. The summed E-state index contributed by atoms with van der Waals surface area (Å²) in [6, 6.07) is 10.9. The van der Waals surface area contributed by atoms with Crippen LogP contribution < -0.4 is 5.32 Å². The first kappa shape index (κ1) is 9.41. The summed E-state index contributed by atoms with van der Waals surface area (Å²) in [6.45, 7) is 0. The van der Waals surface area contributed by atoms with Crippen LogP contribution in [0.25, 0.3) is 22.2 Å². The van der Waals surface area contributed by atoms with Gasteiger partial charge in [-0.25, -0.2) is 9.78 Å². The SMILES string of the molecule is O=C(O)c1ccccc2nc3ccc4c(c3c1-2)N4. The Kier molecular flexibility index (Phi) is 1.56. The van der Waals surface area contributed by atoms with Gasteiger partial charge in [-0.3, -0.25) is 0 Å². The first-order valence-corrected chi connectivity index (χ1v) is 5.61. The fourth-order valence-electron chi connectivity index (χ4n) is 2.41. The molecule has 4 rings (SSSR count). The second kappa shape index (κ2) is 2.98. The Morgan fingerprint density at radius 3 is 2.83 bits per heavy atom. The van der Waals surface area contributed by atoms with E-state index < -0.39 is 5.97 Å². The van der Waals surface area contributed by atoms with Crippen molar-refractivity contribution in [3.63, 3.8) is 0 Å². The lowest BCUT2D eigenvalue weighted by molar-refractivity contribution is 0.0698. The zero-order chi connectivity index (χ0) is 12.3. The van der Waals surface area contributed by atoms with Gasteiger partial charge in [0, 0.05) is 10.9 Å². The van der Waals surface area contributed by atoms with Crippen molar-refractivity contribution in [1.82, 2.24) is 4.98 Å². The molecule has 1 aromatic rings. The van der Waals surface area contributed by atoms with Gasteiger partial charge in [-0.15, -0.1) is 0 Å². The number of nitrogens with one attached hydrogen (secondary N) is 1. The predicted octanol–water partition coefficient (Wildman–Crippen LogP) is 3.09. The monoisotopic (exact) mass is 236 g/mol. The highest BCUT2D eigenvalue weighted by atomic mass is 16.4. The summed E-state index contributed by atoms with van der Waals surface area (Å²) in [5.41, 5.74) is 4.62. The van der Waals surface area contributed by atoms with Crippen LogP contribution in [0.3, 0.4) is 0 Å². The molecule has 0 aromatic heterocycles. The molecule has 0 bridgehead atoms. The van der Waals surface area contributed by atoms with E-state index in [1.165, 1.54) is 0 Å². The molecule has 2 heterocycles. The van der Waals surface area contributed by atoms with E-state index in [0.29, 0.717) is 11.1 Å². The van der Waals surface area contributed by atoms with E-state index in [2.05, 4.69) is 10.3 Å². The number of aromatic nitrogens is 1. The second-order valence-corrected chi connectivity index (χ2v) is 4.32. The first-order valence-electron chi connectivity index (χ1n) is 5.61. The largest absolute Gasteiger partial charge is 0.478 e. The summed E-state index contributed by atoms with van der Waals surface area (Å²) in [7, 11) is 0. The minimum absolute atomic E-state index is 0.291. The number of carboxylic acids is 1. The summed E-state index contributed by atoms with van der Waals surface area (Å²) in [5.74, 6) is -0.927. The van der Waals surface area contributed by atoms with Gasteiger partial charge in [0.25, 0.3) is 0 Å². The number of aromatic carboxylic acids is 1. The minimum atomic E-state index is -0.927. The number of hydrogen-bond acceptors (Lipinski definition) is 3. The van der Waals surface area contributed by atoms with Crippen molar-refractivity contribution in [2.24, 2.45) is 0 Å². The highest BCUT2D eigenvalue weighted by Crippen LogP contribution is 2.49. The Morgan fingerprint density at radius 1 is 1.17 bits per heavy atom. The van der Waals surface area contributed by atoms with Gasteiger partial charge in [0.15, 0.2) is 0 Å². The fourth-order valence-corrected chi connectivity index (χ4v) is 2.41. The molecule has 4 nitrogen and oxygen atoms in total. The summed E-state index contributed by atoms with van der Waals surface area (Å²) in [6.07, 6.45) is 0. The molecule has 0 radical (unpaired) electrons. The van der Waals surface area contributed by atoms with Gasteiger partial charge in [-0.2, -0.15) is 0 Å². The molecule has 18 heavy (non-hydrogen) atoms. The van der Waals surface area contributed by atoms with Crippen molar-refractivity contribution in [2.45, 2.75) is 0 Å². The standard InChI is InChI=1S/C14H8N2O2/c17-14(18)7-3-1-2-4-8-11(7)12-9(15-8)5-6-10-13(12)16-10/h1-6,16H,(H,17,18). The first-order chi connectivity index (χ1) is 8.75. The van der Waals surface area contributed by atoms with Crippen molar-refractivity contribution in [3.05, 3.63) is 42.0 Å². The number of carboxylic acid groups (broad SMARTS) is 1. The maximum Gasteiger partial charge on any atom is 0.336 e. The van der Waals surface area contributed by atoms with E-state index in [9.17, 15) is 9.90 Å². The molecule has 0 fully saturated rings. The number of fused-ring (bicyclic) bond motifs is 5. The molecule has 86 valence electrons. The molecule has 2 aliphatic heterocycles. The zero-order valence-electron chi connectivity index (χ0n) is 9.27. The van der Waals surface area contributed by atoms with Crippen molar-refractivity contribution in [1.29, 1.82) is 0 Å². The molecular formula is C14H8N2O2. The maximum absolute atomic E-state index is 11.4. The van der Waals surface area contributed by atoms with E-state index in [-0.39, 0.29) is 0 Å². The topological polar surface area (TPSA) is 72.1 Å². The number of benzene rings is 1. The Balaban J connectivity index is 2.25. The molecule has 3 aliphatic rings. The van der Waals surface area contributed by atoms with Crippen LogP contribution in [-0.4, -0.2) is 16.1 Å². The van der Waals surface area contributed by atoms with Crippen LogP contribution in [0.15, 0.2) is 36.4 Å². The van der Waals surface area contributed by atoms with E-state index in [1.54, 1.807) is 12.1 Å². The molecule has 1 aromatic carbocycles. The van der Waals surface area contributed by atoms with Crippen LogP contribution in [0.4, 0.5) is 11.4 Å². The Morgan fingerprint density at radius 2 is 2.00 bits per heavy atom. The number of rotatable bonds is 1. The van der Waals surface area contributed by atoms with Gasteiger partial charge in [0.1, 0.15) is 0 Å². The van der Waals surface area contributed by atoms with Gasteiger partial charge in [-0.05, 0) is 24.3 Å². The van der Waals surface area contributed by atoms with E-state index in [0.717, 1.165) is 28.0 Å². The van der Waals surface area contributed by atoms with Gasteiger partial charge in [-0.1, -0.05) is 12.1 Å². The maximum atomic E-state index is 11.4. The lowest BCUT2D eigenvalue weighted by Crippen LogP contribution is -1.96. The number of carbonyl (C=O) groups is 1. The predicted molar refractivity (Wildman–Crippen MR) is 68.6 cm³/mol. The van der Waals surface area contributed by atoms with Crippen LogP contribution in [0.2, 0.25) is 0 Å². The Bertz CT molecular complexity index is 795. The summed E-state index contributed by atoms with van der Waals surface area (Å²) in [4.78, 5) is 15.9. The zero-order valence-corrected chi connectivity index (χ0v) is 9.27. The third kappa shape index (κ3) is 1.09. The lowest BCUT2D eigenvalue weighted by atomic mass is 10.0. The van der Waals surface area contributed by atoms with E-state index in [1.807, 2.05) is 24.3 Å². The highest BCUT2D eigenvalue weighted by molar-refractivity contribution is 6.19. The van der Waals surface area contributed by atoms with Gasteiger partial charge < -0.3 is 10.4 Å². The molecule has 0 unspecified atom stereocenters. The summed E-state index contributed by atoms with van der Waals surface area (Å²) >= 11 is 0. The van der Waals surface area contributed by atoms with E-state index >= 15 is 0 Å². The third-order valence-corrected chi connectivity index (χ3v) is 3.26. The van der Waals surface area contributed by atoms with Crippen molar-refractivity contribution < 1.29 is 9.90 Å². The number of nitrogens with zero attached hydrogens (tertiary/aromatic N) is 1. The molecular weight excluding hydrogens is 228 g/mol. The molecule has 2 N–H and O–H groups in total. The van der Waals surface area contributed by atoms with Crippen LogP contribution in [0.1, 0.15) is 10.4 Å². The van der Waals surface area contributed by atoms with Gasteiger partial charge >= 0.3 is 5.97 Å². The third-order valence-electron chi connectivity index (χ3n) is 3.26. The number of hydrogen-bond donors (Lipinski definition) is 2. The second-order valence-electron chi connectivity index (χ2n) is 4.32. The quantitative estimate of drug-likeness (QED) is 0.498. The molecule has 0 amide bonds. The van der Waals surface area contributed by atoms with Crippen LogP contribution in [0.5, 0.6) is 0 Å². The summed E-state index contributed by atoms with van der Waals surface area (Å²) in [5, 5.41) is 13.4. The molecule has 0 saturated heterocycles. The average Bonchev–Trinajstić information content (AvgIpc) is 3.08.